The lowest BCUT2D eigenvalue weighted by Gasteiger charge is -2.09. The summed E-state index contributed by atoms with van der Waals surface area (Å²) in [5.74, 6) is 0.610. The summed E-state index contributed by atoms with van der Waals surface area (Å²) in [7, 11) is 0. The third kappa shape index (κ3) is 4.94. The Hall–Kier alpha value is -1.26. The monoisotopic (exact) mass is 270 g/mol. The number of benzene rings is 1. The van der Waals surface area contributed by atoms with Gasteiger partial charge in [0.25, 0.3) is 0 Å². The molecule has 0 radical (unpaired) electrons. The number of unbranched alkanes of at least 4 members (excludes halogenated alkanes) is 1. The van der Waals surface area contributed by atoms with Gasteiger partial charge >= 0.3 is 0 Å². The molecule has 100 valence electrons. The van der Waals surface area contributed by atoms with Crippen LogP contribution in [0.1, 0.15) is 25.3 Å². The quantitative estimate of drug-likeness (QED) is 0.434. The molecule has 3 N–H and O–H groups in total. The van der Waals surface area contributed by atoms with Crippen LogP contribution >= 0.6 is 11.6 Å². The largest absolute Gasteiger partial charge is 0.491 e. The van der Waals surface area contributed by atoms with E-state index in [1.807, 2.05) is 0 Å². The molecule has 4 nitrogen and oxygen atoms in total. The van der Waals surface area contributed by atoms with Crippen LogP contribution in [0.5, 0.6) is 5.75 Å². The molecule has 0 spiro atoms. The minimum Gasteiger partial charge on any atom is -0.491 e. The molecule has 1 aromatic carbocycles. The lowest BCUT2D eigenvalue weighted by atomic mass is 10.2. The molecule has 18 heavy (non-hydrogen) atoms. The zero-order chi connectivity index (χ0) is 13.4. The van der Waals surface area contributed by atoms with Crippen LogP contribution in [0, 0.1) is 5.41 Å². The summed E-state index contributed by atoms with van der Waals surface area (Å²) >= 11 is 5.97. The van der Waals surface area contributed by atoms with Crippen molar-refractivity contribution in [2.24, 2.45) is 5.73 Å². The van der Waals surface area contributed by atoms with Crippen molar-refractivity contribution in [1.29, 1.82) is 5.41 Å². The number of nitrogens with one attached hydrogen (secondary N) is 1. The Morgan fingerprint density at radius 3 is 2.72 bits per heavy atom. The van der Waals surface area contributed by atoms with Crippen molar-refractivity contribution in [3.05, 3.63) is 28.8 Å². The first-order valence-corrected chi connectivity index (χ1v) is 6.37. The molecule has 0 aliphatic rings. The highest BCUT2D eigenvalue weighted by molar-refractivity contribution is 6.34. The van der Waals surface area contributed by atoms with Gasteiger partial charge in [-0.05, 0) is 24.6 Å². The fourth-order valence-corrected chi connectivity index (χ4v) is 1.64. The van der Waals surface area contributed by atoms with Gasteiger partial charge in [-0.25, -0.2) is 0 Å². The van der Waals surface area contributed by atoms with Gasteiger partial charge in [-0.15, -0.1) is 0 Å². The van der Waals surface area contributed by atoms with E-state index in [0.717, 1.165) is 19.4 Å². The highest BCUT2D eigenvalue weighted by Crippen LogP contribution is 2.22. The molecule has 0 aliphatic carbocycles. The zero-order valence-corrected chi connectivity index (χ0v) is 11.3. The Bertz CT molecular complexity index is 397. The van der Waals surface area contributed by atoms with Gasteiger partial charge in [-0.2, -0.15) is 0 Å². The maximum atomic E-state index is 7.31. The van der Waals surface area contributed by atoms with Gasteiger partial charge in [-0.1, -0.05) is 24.9 Å². The molecule has 5 heteroatoms. The van der Waals surface area contributed by atoms with E-state index in [1.54, 1.807) is 18.2 Å². The number of ether oxygens (including phenoxy) is 2. The number of nitrogens with two attached hydrogens (primary N) is 1. The van der Waals surface area contributed by atoms with Crippen LogP contribution in [0.4, 0.5) is 0 Å². The maximum absolute atomic E-state index is 7.31. The van der Waals surface area contributed by atoms with Crippen molar-refractivity contribution < 1.29 is 9.47 Å². The van der Waals surface area contributed by atoms with Gasteiger partial charge < -0.3 is 15.2 Å². The first-order valence-electron chi connectivity index (χ1n) is 5.99. The molecule has 0 aromatic heterocycles. The summed E-state index contributed by atoms with van der Waals surface area (Å²) in [4.78, 5) is 0. The molecule has 0 unspecified atom stereocenters. The summed E-state index contributed by atoms with van der Waals surface area (Å²) in [6, 6.07) is 5.08. The van der Waals surface area contributed by atoms with E-state index in [-0.39, 0.29) is 5.84 Å². The van der Waals surface area contributed by atoms with Gasteiger partial charge in [0.2, 0.25) is 0 Å². The first-order chi connectivity index (χ1) is 8.65. The molecule has 0 atom stereocenters. The van der Waals surface area contributed by atoms with E-state index in [1.165, 1.54) is 0 Å². The summed E-state index contributed by atoms with van der Waals surface area (Å²) in [6.45, 7) is 3.94. The molecule has 0 fully saturated rings. The van der Waals surface area contributed by atoms with E-state index >= 15 is 0 Å². The fraction of sp³-hybridized carbons (Fsp3) is 0.462. The molecule has 0 aliphatic heterocycles. The zero-order valence-electron chi connectivity index (χ0n) is 10.5. The number of halogens is 1. The third-order valence-corrected chi connectivity index (χ3v) is 2.68. The lowest BCUT2D eigenvalue weighted by molar-refractivity contribution is 0.0980. The highest BCUT2D eigenvalue weighted by Gasteiger charge is 2.04. The van der Waals surface area contributed by atoms with E-state index in [2.05, 4.69) is 6.92 Å². The van der Waals surface area contributed by atoms with Gasteiger partial charge in [0.1, 0.15) is 18.2 Å². The van der Waals surface area contributed by atoms with Crippen molar-refractivity contribution in [1.82, 2.24) is 0 Å². The average Bonchev–Trinajstić information content (AvgIpc) is 2.33. The van der Waals surface area contributed by atoms with E-state index in [4.69, 9.17) is 32.2 Å². The van der Waals surface area contributed by atoms with Crippen LogP contribution in [0.25, 0.3) is 0 Å². The molecular formula is C13H19ClN2O2. The standard InChI is InChI=1S/C13H19ClN2O2/c1-2-3-6-17-7-8-18-10-4-5-11(13(15)16)12(14)9-10/h4-5,9H,2-3,6-8H2,1H3,(H3,15,16). The van der Waals surface area contributed by atoms with Gasteiger partial charge in [0.05, 0.1) is 11.6 Å². The summed E-state index contributed by atoms with van der Waals surface area (Å²) in [5, 5.41) is 7.73. The minimum absolute atomic E-state index is 0.0468. The Kier molecular flexibility index (Phi) is 6.54. The number of hydrogen-bond donors (Lipinski definition) is 2. The second-order valence-electron chi connectivity index (χ2n) is 3.87. The third-order valence-electron chi connectivity index (χ3n) is 2.37. The van der Waals surface area contributed by atoms with E-state index < -0.39 is 0 Å². The van der Waals surface area contributed by atoms with Crippen molar-refractivity contribution in [2.45, 2.75) is 19.8 Å². The first kappa shape index (κ1) is 14.8. The SMILES string of the molecule is CCCCOCCOc1ccc(C(=N)N)c(Cl)c1. The molecule has 0 saturated heterocycles. The molecule has 0 heterocycles. The fourth-order valence-electron chi connectivity index (χ4n) is 1.37. The smallest absolute Gasteiger partial charge is 0.124 e. The topological polar surface area (TPSA) is 68.3 Å². The van der Waals surface area contributed by atoms with Gasteiger partial charge in [0.15, 0.2) is 0 Å². The van der Waals surface area contributed by atoms with E-state index in [9.17, 15) is 0 Å². The molecule has 0 amide bonds. The second-order valence-corrected chi connectivity index (χ2v) is 4.28. The van der Waals surface area contributed by atoms with Crippen molar-refractivity contribution >= 4 is 17.4 Å². The highest BCUT2D eigenvalue weighted by atomic mass is 35.5. The number of hydrogen-bond acceptors (Lipinski definition) is 3. The van der Waals surface area contributed by atoms with Crippen molar-refractivity contribution in [3.8, 4) is 5.75 Å². The molecule has 0 bridgehead atoms. The molecule has 0 saturated carbocycles. The molecular weight excluding hydrogens is 252 g/mol. The maximum Gasteiger partial charge on any atom is 0.124 e. The van der Waals surface area contributed by atoms with Gasteiger partial charge in [0, 0.05) is 12.2 Å². The van der Waals surface area contributed by atoms with Crippen molar-refractivity contribution in [3.63, 3.8) is 0 Å². The van der Waals surface area contributed by atoms with Crippen LogP contribution in [-0.2, 0) is 4.74 Å². The Balaban J connectivity index is 2.35. The molecule has 1 rings (SSSR count). The van der Waals surface area contributed by atoms with Crippen LogP contribution < -0.4 is 10.5 Å². The van der Waals surface area contributed by atoms with Crippen LogP contribution in [0.15, 0.2) is 18.2 Å². The van der Waals surface area contributed by atoms with Crippen LogP contribution in [0.2, 0.25) is 5.02 Å². The van der Waals surface area contributed by atoms with Crippen LogP contribution in [0.3, 0.4) is 0 Å². The lowest BCUT2D eigenvalue weighted by Crippen LogP contribution is -2.12. The Morgan fingerprint density at radius 2 is 2.11 bits per heavy atom. The van der Waals surface area contributed by atoms with Crippen molar-refractivity contribution in [2.75, 3.05) is 19.8 Å². The summed E-state index contributed by atoms with van der Waals surface area (Å²) in [6.07, 6.45) is 2.20. The average molecular weight is 271 g/mol. The van der Waals surface area contributed by atoms with Crippen LogP contribution in [-0.4, -0.2) is 25.7 Å². The summed E-state index contributed by atoms with van der Waals surface area (Å²) < 4.78 is 10.9. The minimum atomic E-state index is -0.0468. The predicted molar refractivity (Wildman–Crippen MR) is 73.7 cm³/mol. The number of rotatable bonds is 8. The number of amidine groups is 1. The number of nitrogen functional groups attached to an aromatic ring is 1. The second kappa shape index (κ2) is 7.95. The Morgan fingerprint density at radius 1 is 1.33 bits per heavy atom. The van der Waals surface area contributed by atoms with Gasteiger partial charge in [-0.3, -0.25) is 5.41 Å². The normalized spacial score (nSPS) is 10.3. The summed E-state index contributed by atoms with van der Waals surface area (Å²) in [5.41, 5.74) is 5.89. The predicted octanol–water partition coefficient (Wildman–Crippen LogP) is 2.82. The Labute approximate surface area is 113 Å². The molecule has 1 aromatic rings. The van der Waals surface area contributed by atoms with E-state index in [0.29, 0.717) is 29.5 Å².